The minimum atomic E-state index is -0.489. The number of nitrogens with two attached hydrogens (primary N) is 1. The minimum Gasteiger partial charge on any atom is -0.484 e. The molecule has 1 aromatic heterocycles. The van der Waals surface area contributed by atoms with Crippen LogP contribution in [0.25, 0.3) is 0 Å². The maximum Gasteiger partial charge on any atom is 0.255 e. The van der Waals surface area contributed by atoms with E-state index in [0.717, 1.165) is 24.3 Å². The lowest BCUT2D eigenvalue weighted by molar-refractivity contribution is -0.119. The molecule has 6 heteroatoms. The van der Waals surface area contributed by atoms with Crippen LogP contribution in [0.4, 0.5) is 5.69 Å². The molecule has 2 aromatic rings. The van der Waals surface area contributed by atoms with E-state index in [9.17, 15) is 4.79 Å². The molecule has 0 fully saturated rings. The molecular formula is C15H20N4O2. The van der Waals surface area contributed by atoms with Crippen LogP contribution in [-0.2, 0) is 17.9 Å². The van der Waals surface area contributed by atoms with Crippen molar-refractivity contribution in [2.24, 2.45) is 5.73 Å². The standard InChI is InChI=1S/C15H20N4O2/c1-2-8-19-13(6-7-18-19)10-17-12-4-3-5-14(9-12)21-11-15(16)20/h3-7,9,17H,2,8,10-11H2,1H3,(H2,16,20). The summed E-state index contributed by atoms with van der Waals surface area (Å²) in [7, 11) is 0. The number of aromatic nitrogens is 2. The van der Waals surface area contributed by atoms with E-state index in [1.807, 2.05) is 28.9 Å². The average molecular weight is 288 g/mol. The number of carbonyl (C=O) groups is 1. The molecule has 1 heterocycles. The monoisotopic (exact) mass is 288 g/mol. The van der Waals surface area contributed by atoms with Gasteiger partial charge in [0.05, 0.1) is 12.2 Å². The predicted octanol–water partition coefficient (Wildman–Crippen LogP) is 1.77. The average Bonchev–Trinajstić information content (AvgIpc) is 2.91. The van der Waals surface area contributed by atoms with Gasteiger partial charge in [0, 0.05) is 24.5 Å². The second-order valence-electron chi connectivity index (χ2n) is 4.68. The Morgan fingerprint density at radius 1 is 1.43 bits per heavy atom. The number of benzene rings is 1. The zero-order chi connectivity index (χ0) is 15.1. The van der Waals surface area contributed by atoms with Crippen LogP contribution in [0.3, 0.4) is 0 Å². The van der Waals surface area contributed by atoms with Gasteiger partial charge in [-0.15, -0.1) is 0 Å². The van der Waals surface area contributed by atoms with Gasteiger partial charge >= 0.3 is 0 Å². The number of ether oxygens (including phenoxy) is 1. The number of aryl methyl sites for hydroxylation is 1. The lowest BCUT2D eigenvalue weighted by atomic mass is 10.3. The molecule has 1 aromatic carbocycles. The van der Waals surface area contributed by atoms with Gasteiger partial charge < -0.3 is 15.8 Å². The molecule has 0 aliphatic rings. The normalized spacial score (nSPS) is 10.3. The first-order valence-electron chi connectivity index (χ1n) is 6.94. The second-order valence-corrected chi connectivity index (χ2v) is 4.68. The van der Waals surface area contributed by atoms with Gasteiger partial charge in [-0.25, -0.2) is 0 Å². The summed E-state index contributed by atoms with van der Waals surface area (Å²) in [5.74, 6) is 0.123. The van der Waals surface area contributed by atoms with Crippen molar-refractivity contribution in [1.29, 1.82) is 0 Å². The third-order valence-corrected chi connectivity index (χ3v) is 2.93. The molecule has 1 amide bonds. The Bertz CT molecular complexity index is 595. The molecule has 21 heavy (non-hydrogen) atoms. The molecule has 2 rings (SSSR count). The van der Waals surface area contributed by atoms with E-state index in [0.29, 0.717) is 12.3 Å². The quantitative estimate of drug-likeness (QED) is 0.775. The van der Waals surface area contributed by atoms with E-state index in [1.54, 1.807) is 12.3 Å². The van der Waals surface area contributed by atoms with Crippen molar-refractivity contribution in [3.63, 3.8) is 0 Å². The summed E-state index contributed by atoms with van der Waals surface area (Å²) in [6.45, 7) is 3.59. The van der Waals surface area contributed by atoms with Gasteiger partial charge in [-0.05, 0) is 24.6 Å². The van der Waals surface area contributed by atoms with Crippen LogP contribution in [0.1, 0.15) is 19.0 Å². The van der Waals surface area contributed by atoms with Crippen LogP contribution in [0, 0.1) is 0 Å². The number of carbonyl (C=O) groups excluding carboxylic acids is 1. The smallest absolute Gasteiger partial charge is 0.255 e. The van der Waals surface area contributed by atoms with Gasteiger partial charge in [0.1, 0.15) is 5.75 Å². The summed E-state index contributed by atoms with van der Waals surface area (Å²) < 4.78 is 7.26. The van der Waals surface area contributed by atoms with E-state index in [-0.39, 0.29) is 6.61 Å². The summed E-state index contributed by atoms with van der Waals surface area (Å²) >= 11 is 0. The fraction of sp³-hybridized carbons (Fsp3) is 0.333. The zero-order valence-electron chi connectivity index (χ0n) is 12.1. The number of primary amides is 1. The Balaban J connectivity index is 1.95. The number of hydrogen-bond donors (Lipinski definition) is 2. The SMILES string of the molecule is CCCn1nccc1CNc1cccc(OCC(N)=O)c1. The summed E-state index contributed by atoms with van der Waals surface area (Å²) in [5, 5.41) is 7.60. The minimum absolute atomic E-state index is 0.118. The number of amides is 1. The van der Waals surface area contributed by atoms with Crippen LogP contribution < -0.4 is 15.8 Å². The first kappa shape index (κ1) is 14.9. The molecule has 0 saturated heterocycles. The number of hydrogen-bond acceptors (Lipinski definition) is 4. The molecule has 3 N–H and O–H groups in total. The Morgan fingerprint density at radius 3 is 3.05 bits per heavy atom. The molecule has 0 radical (unpaired) electrons. The molecule has 0 spiro atoms. The highest BCUT2D eigenvalue weighted by atomic mass is 16.5. The third-order valence-electron chi connectivity index (χ3n) is 2.93. The lowest BCUT2D eigenvalue weighted by Crippen LogP contribution is -2.20. The molecule has 0 aliphatic carbocycles. The van der Waals surface area contributed by atoms with E-state index in [2.05, 4.69) is 17.3 Å². The van der Waals surface area contributed by atoms with E-state index in [1.165, 1.54) is 0 Å². The Morgan fingerprint density at radius 2 is 2.29 bits per heavy atom. The van der Waals surface area contributed by atoms with Crippen LogP contribution >= 0.6 is 0 Å². The van der Waals surface area contributed by atoms with Crippen LogP contribution in [-0.4, -0.2) is 22.3 Å². The van der Waals surface area contributed by atoms with Crippen molar-refractivity contribution in [3.8, 4) is 5.75 Å². The summed E-state index contributed by atoms with van der Waals surface area (Å²) in [5.41, 5.74) is 7.10. The van der Waals surface area contributed by atoms with Gasteiger partial charge in [0.2, 0.25) is 0 Å². The molecule has 0 unspecified atom stereocenters. The van der Waals surface area contributed by atoms with Crippen LogP contribution in [0.2, 0.25) is 0 Å². The zero-order valence-corrected chi connectivity index (χ0v) is 12.1. The maximum absolute atomic E-state index is 10.7. The van der Waals surface area contributed by atoms with Gasteiger partial charge in [-0.1, -0.05) is 13.0 Å². The van der Waals surface area contributed by atoms with Gasteiger partial charge in [0.15, 0.2) is 6.61 Å². The lowest BCUT2D eigenvalue weighted by Gasteiger charge is -2.10. The highest BCUT2D eigenvalue weighted by Gasteiger charge is 2.03. The number of rotatable bonds is 8. The van der Waals surface area contributed by atoms with Crippen molar-refractivity contribution in [1.82, 2.24) is 9.78 Å². The van der Waals surface area contributed by atoms with Crippen molar-refractivity contribution in [2.45, 2.75) is 26.4 Å². The van der Waals surface area contributed by atoms with Crippen molar-refractivity contribution >= 4 is 11.6 Å². The van der Waals surface area contributed by atoms with E-state index < -0.39 is 5.91 Å². The molecule has 0 saturated carbocycles. The fourth-order valence-corrected chi connectivity index (χ4v) is 1.97. The number of nitrogens with zero attached hydrogens (tertiary/aromatic N) is 2. The van der Waals surface area contributed by atoms with Gasteiger partial charge in [0.25, 0.3) is 5.91 Å². The molecule has 0 bridgehead atoms. The maximum atomic E-state index is 10.7. The Hall–Kier alpha value is -2.50. The topological polar surface area (TPSA) is 82.2 Å². The molecule has 0 aliphatic heterocycles. The van der Waals surface area contributed by atoms with Gasteiger partial charge in [-0.2, -0.15) is 5.10 Å². The van der Waals surface area contributed by atoms with Crippen molar-refractivity contribution < 1.29 is 9.53 Å². The Kier molecular flexibility index (Phi) is 5.20. The molecular weight excluding hydrogens is 268 g/mol. The third kappa shape index (κ3) is 4.52. The molecule has 112 valence electrons. The van der Waals surface area contributed by atoms with E-state index in [4.69, 9.17) is 10.5 Å². The number of anilines is 1. The predicted molar refractivity (Wildman–Crippen MR) is 81.0 cm³/mol. The fourth-order valence-electron chi connectivity index (χ4n) is 1.97. The highest BCUT2D eigenvalue weighted by molar-refractivity contribution is 5.75. The second kappa shape index (κ2) is 7.33. The first-order valence-corrected chi connectivity index (χ1v) is 6.94. The van der Waals surface area contributed by atoms with Crippen molar-refractivity contribution in [2.75, 3.05) is 11.9 Å². The van der Waals surface area contributed by atoms with Gasteiger partial charge in [-0.3, -0.25) is 9.48 Å². The summed E-state index contributed by atoms with van der Waals surface area (Å²) in [6, 6.07) is 9.43. The van der Waals surface area contributed by atoms with Crippen LogP contribution in [0.15, 0.2) is 36.5 Å². The summed E-state index contributed by atoms with van der Waals surface area (Å²) in [4.78, 5) is 10.7. The largest absolute Gasteiger partial charge is 0.484 e. The van der Waals surface area contributed by atoms with E-state index >= 15 is 0 Å². The highest BCUT2D eigenvalue weighted by Crippen LogP contribution is 2.18. The van der Waals surface area contributed by atoms with Crippen LogP contribution in [0.5, 0.6) is 5.75 Å². The molecule has 6 nitrogen and oxygen atoms in total. The number of nitrogens with one attached hydrogen (secondary N) is 1. The molecule has 0 atom stereocenters. The Labute approximate surface area is 123 Å². The summed E-state index contributed by atoms with van der Waals surface area (Å²) in [6.07, 6.45) is 2.85. The first-order chi connectivity index (χ1) is 10.2. The van der Waals surface area contributed by atoms with Crippen molar-refractivity contribution in [3.05, 3.63) is 42.2 Å².